The van der Waals surface area contributed by atoms with E-state index in [0.29, 0.717) is 0 Å². The quantitative estimate of drug-likeness (QED) is 0.186. The van der Waals surface area contributed by atoms with E-state index in [9.17, 15) is 0 Å². The largest absolute Gasteiger partial charge is 0.455 e. The first-order valence-electron chi connectivity index (χ1n) is 15.7. The minimum atomic E-state index is 0.869. The number of fused-ring (bicyclic) bond motifs is 8. The molecule has 2 nitrogen and oxygen atoms in total. The van der Waals surface area contributed by atoms with Crippen molar-refractivity contribution in [2.45, 2.75) is 0 Å². The molecule has 0 aliphatic carbocycles. The van der Waals surface area contributed by atoms with Crippen molar-refractivity contribution in [3.05, 3.63) is 176 Å². The highest BCUT2D eigenvalue weighted by Crippen LogP contribution is 2.50. The zero-order chi connectivity index (χ0) is 30.5. The predicted molar refractivity (Wildman–Crippen MR) is 194 cm³/mol. The van der Waals surface area contributed by atoms with Gasteiger partial charge in [-0.05, 0) is 69.2 Å². The second kappa shape index (κ2) is 10.8. The molecule has 0 spiro atoms. The van der Waals surface area contributed by atoms with E-state index in [1.54, 1.807) is 0 Å². The first-order chi connectivity index (χ1) is 22.8. The zero-order valence-corrected chi connectivity index (χ0v) is 25.1. The summed E-state index contributed by atoms with van der Waals surface area (Å²) in [5, 5.41) is 6.98. The van der Waals surface area contributed by atoms with Crippen LogP contribution in [0.2, 0.25) is 0 Å². The number of benzene rings is 8. The van der Waals surface area contributed by atoms with Gasteiger partial charge in [-0.1, -0.05) is 140 Å². The Labute approximate surface area is 267 Å². The number of anilines is 3. The molecular weight excluding hydrogens is 558 g/mol. The molecular formula is C44H29NO. The Morgan fingerprint density at radius 3 is 1.52 bits per heavy atom. The Hall–Kier alpha value is -6.12. The van der Waals surface area contributed by atoms with Gasteiger partial charge in [0.2, 0.25) is 0 Å². The lowest BCUT2D eigenvalue weighted by molar-refractivity contribution is 0.673. The Morgan fingerprint density at radius 2 is 0.848 bits per heavy atom. The minimum Gasteiger partial charge on any atom is -0.455 e. The predicted octanol–water partition coefficient (Wildman–Crippen LogP) is 12.7. The fourth-order valence-electron chi connectivity index (χ4n) is 6.97. The SMILES string of the molecule is c1ccc(-c2ccc(N(c3ccccc3)c3c(-c4ccccc4)ccc4oc5c6ccccc6c6ccccc6c5c34)cc2)cc1. The summed E-state index contributed by atoms with van der Waals surface area (Å²) in [5.74, 6) is 0. The molecule has 0 saturated heterocycles. The van der Waals surface area contributed by atoms with E-state index in [2.05, 4.69) is 181 Å². The van der Waals surface area contributed by atoms with Crippen LogP contribution in [0.25, 0.3) is 65.7 Å². The third-order valence-corrected chi connectivity index (χ3v) is 9.04. The van der Waals surface area contributed by atoms with Gasteiger partial charge in [-0.25, -0.2) is 0 Å². The summed E-state index contributed by atoms with van der Waals surface area (Å²) in [7, 11) is 0. The number of para-hydroxylation sites is 1. The number of nitrogens with zero attached hydrogens (tertiary/aromatic N) is 1. The van der Waals surface area contributed by atoms with Crippen LogP contribution in [0.4, 0.5) is 17.1 Å². The third-order valence-electron chi connectivity index (χ3n) is 9.04. The molecule has 0 fully saturated rings. The second-order valence-corrected chi connectivity index (χ2v) is 11.7. The standard InChI is InChI=1S/C44H29NO/c1-4-14-30(15-5-1)31-24-26-34(27-25-31)45(33-18-8-3-9-19-33)43-35(32-16-6-2-7-17-32)28-29-40-42(43)41-38-22-12-10-20-36(38)37-21-11-13-23-39(37)44(41)46-40/h1-29H. The Kier molecular flexibility index (Phi) is 6.17. The molecule has 0 saturated carbocycles. The van der Waals surface area contributed by atoms with E-state index in [4.69, 9.17) is 4.42 Å². The van der Waals surface area contributed by atoms with Gasteiger partial charge in [-0.2, -0.15) is 0 Å². The molecule has 9 aromatic rings. The van der Waals surface area contributed by atoms with Crippen molar-refractivity contribution in [3.63, 3.8) is 0 Å². The van der Waals surface area contributed by atoms with E-state index in [1.807, 2.05) is 0 Å². The van der Waals surface area contributed by atoms with E-state index in [1.165, 1.54) is 27.3 Å². The van der Waals surface area contributed by atoms with Crippen LogP contribution in [-0.4, -0.2) is 0 Å². The number of rotatable bonds is 5. The van der Waals surface area contributed by atoms with Crippen LogP contribution in [-0.2, 0) is 0 Å². The summed E-state index contributed by atoms with van der Waals surface area (Å²) < 4.78 is 6.88. The van der Waals surface area contributed by atoms with Gasteiger partial charge in [0.25, 0.3) is 0 Å². The van der Waals surface area contributed by atoms with E-state index in [-0.39, 0.29) is 0 Å². The average molecular weight is 588 g/mol. The first kappa shape index (κ1) is 26.3. The van der Waals surface area contributed by atoms with Crippen LogP contribution in [0.5, 0.6) is 0 Å². The Morgan fingerprint density at radius 1 is 0.348 bits per heavy atom. The highest BCUT2D eigenvalue weighted by molar-refractivity contribution is 6.33. The smallest absolute Gasteiger partial charge is 0.143 e. The summed E-state index contributed by atoms with van der Waals surface area (Å²) in [6.45, 7) is 0. The van der Waals surface area contributed by atoms with Crippen molar-refractivity contribution in [2.24, 2.45) is 0 Å². The van der Waals surface area contributed by atoms with Gasteiger partial charge in [-0.15, -0.1) is 0 Å². The molecule has 216 valence electrons. The van der Waals surface area contributed by atoms with Gasteiger partial charge in [0.15, 0.2) is 0 Å². The molecule has 0 N–H and O–H groups in total. The molecule has 1 aromatic heterocycles. The van der Waals surface area contributed by atoms with Crippen molar-refractivity contribution in [3.8, 4) is 22.3 Å². The lowest BCUT2D eigenvalue weighted by atomic mass is 9.93. The van der Waals surface area contributed by atoms with Crippen LogP contribution >= 0.6 is 0 Å². The summed E-state index contributed by atoms with van der Waals surface area (Å²) in [5.41, 5.74) is 9.73. The Bertz CT molecular complexity index is 2500. The van der Waals surface area contributed by atoms with Gasteiger partial charge in [0, 0.05) is 27.7 Å². The van der Waals surface area contributed by atoms with Gasteiger partial charge in [-0.3, -0.25) is 0 Å². The molecule has 8 aromatic carbocycles. The van der Waals surface area contributed by atoms with Crippen LogP contribution in [0.3, 0.4) is 0 Å². The molecule has 0 aliphatic rings. The summed E-state index contributed by atoms with van der Waals surface area (Å²) in [6.07, 6.45) is 0. The molecule has 1 heterocycles. The second-order valence-electron chi connectivity index (χ2n) is 11.7. The minimum absolute atomic E-state index is 0.869. The van der Waals surface area contributed by atoms with Crippen molar-refractivity contribution >= 4 is 60.5 Å². The van der Waals surface area contributed by atoms with Gasteiger partial charge in [0.05, 0.1) is 11.1 Å². The molecule has 9 rings (SSSR count). The maximum Gasteiger partial charge on any atom is 0.143 e. The van der Waals surface area contributed by atoms with E-state index in [0.717, 1.165) is 55.5 Å². The maximum atomic E-state index is 6.88. The van der Waals surface area contributed by atoms with Crippen LogP contribution in [0.15, 0.2) is 180 Å². The van der Waals surface area contributed by atoms with E-state index >= 15 is 0 Å². The average Bonchev–Trinajstić information content (AvgIpc) is 3.54. The van der Waals surface area contributed by atoms with Gasteiger partial charge >= 0.3 is 0 Å². The number of furan rings is 1. The lowest BCUT2D eigenvalue weighted by Crippen LogP contribution is -2.11. The molecule has 0 bridgehead atoms. The normalized spacial score (nSPS) is 11.5. The number of hydrogen-bond acceptors (Lipinski definition) is 2. The summed E-state index contributed by atoms with van der Waals surface area (Å²) in [6, 6.07) is 62.5. The highest BCUT2D eigenvalue weighted by atomic mass is 16.3. The molecule has 0 aliphatic heterocycles. The van der Waals surface area contributed by atoms with Crippen LogP contribution in [0.1, 0.15) is 0 Å². The van der Waals surface area contributed by atoms with Gasteiger partial charge < -0.3 is 9.32 Å². The molecule has 0 radical (unpaired) electrons. The highest BCUT2D eigenvalue weighted by Gasteiger charge is 2.25. The fraction of sp³-hybridized carbons (Fsp3) is 0. The topological polar surface area (TPSA) is 16.4 Å². The molecule has 0 atom stereocenters. The Balaban J connectivity index is 1.43. The monoisotopic (exact) mass is 587 g/mol. The molecule has 2 heteroatoms. The van der Waals surface area contributed by atoms with Crippen molar-refractivity contribution in [1.29, 1.82) is 0 Å². The number of hydrogen-bond donors (Lipinski definition) is 0. The van der Waals surface area contributed by atoms with Crippen LogP contribution < -0.4 is 4.90 Å². The molecule has 0 amide bonds. The third kappa shape index (κ3) is 4.19. The molecule has 0 unspecified atom stereocenters. The first-order valence-corrected chi connectivity index (χ1v) is 15.7. The van der Waals surface area contributed by atoms with Gasteiger partial charge in [0.1, 0.15) is 11.2 Å². The summed E-state index contributed by atoms with van der Waals surface area (Å²) >= 11 is 0. The summed E-state index contributed by atoms with van der Waals surface area (Å²) in [4.78, 5) is 2.40. The van der Waals surface area contributed by atoms with Crippen molar-refractivity contribution < 1.29 is 4.42 Å². The van der Waals surface area contributed by atoms with Crippen molar-refractivity contribution in [1.82, 2.24) is 0 Å². The van der Waals surface area contributed by atoms with Crippen molar-refractivity contribution in [2.75, 3.05) is 4.90 Å². The molecule has 46 heavy (non-hydrogen) atoms. The zero-order valence-electron chi connectivity index (χ0n) is 25.1. The maximum absolute atomic E-state index is 6.88. The van der Waals surface area contributed by atoms with E-state index < -0.39 is 0 Å². The lowest BCUT2D eigenvalue weighted by Gasteiger charge is -2.29. The van der Waals surface area contributed by atoms with Crippen LogP contribution in [0, 0.1) is 0 Å². The fourth-order valence-corrected chi connectivity index (χ4v) is 6.97.